The Morgan fingerprint density at radius 3 is 1.17 bits per heavy atom. The molecule has 8 aromatic rings. The molecule has 8 rings (SSSR count). The second kappa shape index (κ2) is 20.5. The summed E-state index contributed by atoms with van der Waals surface area (Å²) in [6.07, 6.45) is 0. The van der Waals surface area contributed by atoms with Gasteiger partial charge in [-0.05, 0) is 84.3 Å². The molecule has 0 spiro atoms. The van der Waals surface area contributed by atoms with E-state index < -0.39 is 0 Å². The molecule has 2 amide bonds. The molecule has 0 bridgehead atoms. The van der Waals surface area contributed by atoms with Gasteiger partial charge >= 0.3 is 0 Å². The molecule has 0 fully saturated rings. The van der Waals surface area contributed by atoms with Crippen molar-refractivity contribution in [3.63, 3.8) is 0 Å². The van der Waals surface area contributed by atoms with Gasteiger partial charge in [0.15, 0.2) is 11.5 Å². The third-order valence-electron chi connectivity index (χ3n) is 10.3. The van der Waals surface area contributed by atoms with Gasteiger partial charge in [0.05, 0.1) is 39.6 Å². The van der Waals surface area contributed by atoms with Crippen LogP contribution in [-0.4, -0.2) is 40.3 Å². The number of aryl methyl sites for hydroxylation is 2. The van der Waals surface area contributed by atoms with E-state index in [0.29, 0.717) is 56.9 Å². The summed E-state index contributed by atoms with van der Waals surface area (Å²) < 4.78 is 22.1. The zero-order valence-electron chi connectivity index (χ0n) is 36.2. The maximum absolute atomic E-state index is 13.2. The van der Waals surface area contributed by atoms with E-state index in [9.17, 15) is 9.59 Å². The van der Waals surface area contributed by atoms with Gasteiger partial charge in [0.1, 0.15) is 34.2 Å². The summed E-state index contributed by atoms with van der Waals surface area (Å²) in [5.41, 5.74) is 6.29. The topological polar surface area (TPSA) is 145 Å². The second-order valence-electron chi connectivity index (χ2n) is 14.3. The van der Waals surface area contributed by atoms with E-state index >= 15 is 0 Å². The van der Waals surface area contributed by atoms with E-state index in [2.05, 4.69) is 31.1 Å². The zero-order valence-corrected chi connectivity index (χ0v) is 36.2. The summed E-state index contributed by atoms with van der Waals surface area (Å²) >= 11 is 0. The lowest BCUT2D eigenvalue weighted by molar-refractivity contribution is 0.101. The van der Waals surface area contributed by atoms with Crippen LogP contribution < -0.4 is 29.6 Å². The van der Waals surface area contributed by atoms with Crippen LogP contribution in [0.2, 0.25) is 0 Å². The first-order chi connectivity index (χ1) is 31.2. The molecular formula is C52H46N6O6. The molecule has 12 nitrogen and oxygen atoms in total. The van der Waals surface area contributed by atoms with Crippen LogP contribution in [0.1, 0.15) is 31.8 Å². The highest BCUT2D eigenvalue weighted by molar-refractivity contribution is 6.13. The Bertz CT molecular complexity index is 2830. The molecule has 0 radical (unpaired) electrons. The first kappa shape index (κ1) is 43.7. The molecule has 0 unspecified atom stereocenters. The molecule has 0 saturated carbocycles. The van der Waals surface area contributed by atoms with Gasteiger partial charge in [-0.2, -0.15) is 0 Å². The van der Waals surface area contributed by atoms with E-state index in [4.69, 9.17) is 18.9 Å². The molecule has 0 aliphatic carbocycles. The fraction of sp³-hybridized carbons (Fsp3) is 0.115. The normalized spacial score (nSPS) is 11.0. The standard InChI is InChI=1S/2C26H23N3O3/c2*1-17-10-4-7-13-21(17)27-26(30)20-16-18-11-5-6-12-19(18)24(25(20)32-3)29-28-22-14-8-9-15-23(22)31-2/h2*4-16H,1-3H3,(H,27,30). The van der Waals surface area contributed by atoms with Crippen LogP contribution in [0, 0.1) is 13.8 Å². The van der Waals surface area contributed by atoms with Gasteiger partial charge in [0.25, 0.3) is 11.8 Å². The number of anilines is 2. The highest BCUT2D eigenvalue weighted by atomic mass is 16.5. The maximum atomic E-state index is 13.2. The summed E-state index contributed by atoms with van der Waals surface area (Å²) in [6.45, 7) is 3.89. The largest absolute Gasteiger partial charge is 0.494 e. The smallest absolute Gasteiger partial charge is 0.259 e. The van der Waals surface area contributed by atoms with Crippen molar-refractivity contribution in [2.24, 2.45) is 20.5 Å². The Hall–Kier alpha value is -8.38. The van der Waals surface area contributed by atoms with Crippen molar-refractivity contribution < 1.29 is 28.5 Å². The predicted molar refractivity (Wildman–Crippen MR) is 254 cm³/mol. The van der Waals surface area contributed by atoms with Crippen LogP contribution in [0.4, 0.5) is 34.1 Å². The first-order valence-electron chi connectivity index (χ1n) is 20.3. The Labute approximate surface area is 371 Å². The fourth-order valence-electron chi connectivity index (χ4n) is 7.01. The Morgan fingerprint density at radius 2 is 0.781 bits per heavy atom. The minimum Gasteiger partial charge on any atom is -0.494 e. The number of fused-ring (bicyclic) bond motifs is 2. The number of benzene rings is 8. The van der Waals surface area contributed by atoms with Crippen molar-refractivity contribution in [1.82, 2.24) is 0 Å². The number of carbonyl (C=O) groups excluding carboxylic acids is 2. The number of ether oxygens (including phenoxy) is 4. The molecule has 8 aromatic carbocycles. The summed E-state index contributed by atoms with van der Waals surface area (Å²) in [5, 5.41) is 27.1. The van der Waals surface area contributed by atoms with Gasteiger partial charge in [-0.15, -0.1) is 20.5 Å². The predicted octanol–water partition coefficient (Wildman–Crippen LogP) is 13.7. The lowest BCUT2D eigenvalue weighted by atomic mass is 10.0. The quantitative estimate of drug-likeness (QED) is 0.117. The van der Waals surface area contributed by atoms with Crippen molar-refractivity contribution in [3.8, 4) is 23.0 Å². The Balaban J connectivity index is 0.000000191. The average molecular weight is 851 g/mol. The number of nitrogens with one attached hydrogen (secondary N) is 2. The van der Waals surface area contributed by atoms with Gasteiger partial charge < -0.3 is 29.6 Å². The van der Waals surface area contributed by atoms with Crippen LogP contribution >= 0.6 is 0 Å². The third-order valence-corrected chi connectivity index (χ3v) is 10.3. The number of para-hydroxylation sites is 4. The molecule has 64 heavy (non-hydrogen) atoms. The van der Waals surface area contributed by atoms with Crippen LogP contribution in [0.5, 0.6) is 23.0 Å². The van der Waals surface area contributed by atoms with Crippen molar-refractivity contribution >= 4 is 67.5 Å². The highest BCUT2D eigenvalue weighted by Gasteiger charge is 2.22. The van der Waals surface area contributed by atoms with Gasteiger partial charge in [0, 0.05) is 22.1 Å². The molecule has 0 aliphatic rings. The molecule has 12 heteroatoms. The second-order valence-corrected chi connectivity index (χ2v) is 14.3. The number of hydrogen-bond acceptors (Lipinski definition) is 10. The summed E-state index contributed by atoms with van der Waals surface area (Å²) in [7, 11) is 6.22. The molecule has 2 N–H and O–H groups in total. The maximum Gasteiger partial charge on any atom is 0.259 e. The van der Waals surface area contributed by atoms with Gasteiger partial charge in [0.2, 0.25) is 0 Å². The minimum atomic E-state index is -0.282. The Kier molecular flexibility index (Phi) is 14.0. The number of hydrogen-bond donors (Lipinski definition) is 2. The zero-order chi connectivity index (χ0) is 45.0. The number of nitrogens with zero attached hydrogens (tertiary/aromatic N) is 4. The van der Waals surface area contributed by atoms with Crippen LogP contribution in [-0.2, 0) is 0 Å². The summed E-state index contributed by atoms with van der Waals surface area (Å²) in [6, 6.07) is 48.9. The lowest BCUT2D eigenvalue weighted by Crippen LogP contribution is -2.14. The molecule has 320 valence electrons. The molecular weight excluding hydrogens is 805 g/mol. The van der Waals surface area contributed by atoms with Crippen molar-refractivity contribution in [3.05, 3.63) is 180 Å². The fourth-order valence-corrected chi connectivity index (χ4v) is 7.01. The van der Waals surface area contributed by atoms with Crippen molar-refractivity contribution in [2.45, 2.75) is 13.8 Å². The SMILES string of the molecule is COc1ccccc1N=Nc1c(OC)c(C(=O)Nc2ccccc2C)cc2ccccc12.COc1ccccc1N=Nc1c(OC)c(C(=O)Nc2ccccc2C)cc2ccccc12. The number of carbonyl (C=O) groups is 2. The average Bonchev–Trinajstić information content (AvgIpc) is 3.33. The minimum absolute atomic E-state index is 0.282. The van der Waals surface area contributed by atoms with E-state index in [0.717, 1.165) is 44.0 Å². The van der Waals surface area contributed by atoms with Crippen molar-refractivity contribution in [2.75, 3.05) is 39.1 Å². The van der Waals surface area contributed by atoms with E-state index in [-0.39, 0.29) is 11.8 Å². The molecule has 0 aromatic heterocycles. The van der Waals surface area contributed by atoms with E-state index in [1.807, 2.05) is 172 Å². The lowest BCUT2D eigenvalue weighted by Gasteiger charge is -2.15. The molecule has 0 atom stereocenters. The van der Waals surface area contributed by atoms with Crippen LogP contribution in [0.15, 0.2) is 178 Å². The highest BCUT2D eigenvalue weighted by Crippen LogP contribution is 2.43. The Morgan fingerprint density at radius 1 is 0.422 bits per heavy atom. The van der Waals surface area contributed by atoms with E-state index in [1.54, 1.807) is 14.2 Å². The first-order valence-corrected chi connectivity index (χ1v) is 20.3. The molecule has 0 heterocycles. The number of amides is 2. The van der Waals surface area contributed by atoms with E-state index in [1.165, 1.54) is 14.2 Å². The summed E-state index contributed by atoms with van der Waals surface area (Å²) in [5.74, 6) is 1.36. The summed E-state index contributed by atoms with van der Waals surface area (Å²) in [4.78, 5) is 26.5. The number of rotatable bonds is 12. The molecule has 0 saturated heterocycles. The molecule has 0 aliphatic heterocycles. The number of azo groups is 2. The number of methoxy groups -OCH3 is 4. The van der Waals surface area contributed by atoms with Crippen molar-refractivity contribution in [1.29, 1.82) is 0 Å². The van der Waals surface area contributed by atoms with Crippen LogP contribution in [0.25, 0.3) is 21.5 Å². The van der Waals surface area contributed by atoms with Gasteiger partial charge in [-0.3, -0.25) is 9.59 Å². The van der Waals surface area contributed by atoms with Gasteiger partial charge in [-0.1, -0.05) is 109 Å². The monoisotopic (exact) mass is 850 g/mol. The van der Waals surface area contributed by atoms with Crippen LogP contribution in [0.3, 0.4) is 0 Å². The third kappa shape index (κ3) is 9.72. The van der Waals surface area contributed by atoms with Gasteiger partial charge in [-0.25, -0.2) is 0 Å².